The van der Waals surface area contributed by atoms with Crippen LogP contribution in [0.25, 0.3) is 5.57 Å². The van der Waals surface area contributed by atoms with Crippen molar-refractivity contribution in [2.45, 2.75) is 92.2 Å². The molecule has 224 valence electrons. The molecule has 42 heavy (non-hydrogen) atoms. The van der Waals surface area contributed by atoms with Gasteiger partial charge in [-0.05, 0) is 94.3 Å². The highest BCUT2D eigenvalue weighted by atomic mass is 16.5. The average Bonchev–Trinajstić information content (AvgIpc) is 2.93. The van der Waals surface area contributed by atoms with Crippen molar-refractivity contribution >= 4 is 17.3 Å². The zero-order valence-corrected chi connectivity index (χ0v) is 26.2. The molecule has 0 aromatic heterocycles. The van der Waals surface area contributed by atoms with Gasteiger partial charge in [0.05, 0.1) is 6.04 Å². The Morgan fingerprint density at radius 2 is 1.74 bits per heavy atom. The molecule has 1 aliphatic heterocycles. The SMILES string of the molecule is CCc1cc(C(=O)NCCCCC(NC(C)(C)C)C(=O)C(C)(C)C)ccc1C1=C2C=CCC=C2Oc2cc(O)ccc21. The number of carbonyl (C=O) groups excluding carboxylic acids is 2. The number of rotatable bonds is 10. The maximum atomic E-state index is 13.1. The van der Waals surface area contributed by atoms with Crippen LogP contribution in [-0.4, -0.2) is 34.9 Å². The molecule has 6 heteroatoms. The molecule has 2 aromatic rings. The fourth-order valence-electron chi connectivity index (χ4n) is 5.57. The Labute approximate surface area is 250 Å². The zero-order valence-electron chi connectivity index (χ0n) is 26.2. The molecule has 2 aliphatic rings. The van der Waals surface area contributed by atoms with E-state index in [0.717, 1.165) is 65.7 Å². The van der Waals surface area contributed by atoms with Gasteiger partial charge in [0.1, 0.15) is 17.3 Å². The van der Waals surface area contributed by atoms with E-state index in [9.17, 15) is 14.7 Å². The Bertz CT molecular complexity index is 1430. The standard InChI is InChI=1S/C36H46N2O4/c1-8-23-21-24(34(41)37-20-12-11-14-29(38-36(5,6)7)33(40)35(2,3)4)16-18-26(23)32-27-13-9-10-15-30(27)42-31-22-25(39)17-19-28(31)32/h9,13,15-19,21-22,29,38-39H,8,10-12,14,20H2,1-7H3,(H,37,41). The third-order valence-electron chi connectivity index (χ3n) is 7.60. The minimum absolute atomic E-state index is 0.0977. The second kappa shape index (κ2) is 12.7. The molecule has 0 fully saturated rings. The smallest absolute Gasteiger partial charge is 0.251 e. The molecule has 1 aliphatic carbocycles. The lowest BCUT2D eigenvalue weighted by atomic mass is 9.84. The monoisotopic (exact) mass is 570 g/mol. The van der Waals surface area contributed by atoms with Crippen LogP contribution < -0.4 is 15.4 Å². The molecular weight excluding hydrogens is 524 g/mol. The summed E-state index contributed by atoms with van der Waals surface area (Å²) in [5.74, 6) is 1.70. The molecule has 0 spiro atoms. The lowest BCUT2D eigenvalue weighted by Crippen LogP contribution is -2.50. The number of ketones is 1. The van der Waals surface area contributed by atoms with E-state index in [0.29, 0.717) is 17.9 Å². The average molecular weight is 571 g/mol. The Kier molecular flexibility index (Phi) is 9.47. The number of hydrogen-bond acceptors (Lipinski definition) is 5. The summed E-state index contributed by atoms with van der Waals surface area (Å²) in [4.78, 5) is 26.1. The van der Waals surface area contributed by atoms with Gasteiger partial charge in [0, 0.05) is 45.8 Å². The lowest BCUT2D eigenvalue weighted by Gasteiger charge is -2.31. The van der Waals surface area contributed by atoms with Gasteiger partial charge in [-0.25, -0.2) is 0 Å². The highest BCUT2D eigenvalue weighted by molar-refractivity contribution is 5.97. The summed E-state index contributed by atoms with van der Waals surface area (Å²) >= 11 is 0. The van der Waals surface area contributed by atoms with Crippen LogP contribution in [0.4, 0.5) is 0 Å². The highest BCUT2D eigenvalue weighted by Gasteiger charge is 2.31. The molecule has 3 N–H and O–H groups in total. The van der Waals surface area contributed by atoms with E-state index in [1.54, 1.807) is 12.1 Å². The predicted molar refractivity (Wildman–Crippen MR) is 170 cm³/mol. The van der Waals surface area contributed by atoms with E-state index < -0.39 is 5.41 Å². The van der Waals surface area contributed by atoms with E-state index in [2.05, 4.69) is 56.6 Å². The first-order valence-corrected chi connectivity index (χ1v) is 15.1. The molecule has 1 heterocycles. The number of carbonyl (C=O) groups is 2. The number of fused-ring (bicyclic) bond motifs is 2. The van der Waals surface area contributed by atoms with Crippen molar-refractivity contribution in [1.82, 2.24) is 10.6 Å². The van der Waals surface area contributed by atoms with Crippen molar-refractivity contribution in [2.24, 2.45) is 5.41 Å². The first kappa shape index (κ1) is 31.3. The summed E-state index contributed by atoms with van der Waals surface area (Å²) in [6.45, 7) is 14.8. The van der Waals surface area contributed by atoms with E-state index in [4.69, 9.17) is 4.74 Å². The Hall–Kier alpha value is -3.64. The fourth-order valence-corrected chi connectivity index (χ4v) is 5.57. The van der Waals surface area contributed by atoms with Gasteiger partial charge in [-0.2, -0.15) is 0 Å². The molecule has 0 saturated carbocycles. The number of ether oxygens (including phenoxy) is 1. The molecule has 4 rings (SSSR count). The van der Waals surface area contributed by atoms with Crippen LogP contribution in [0.5, 0.6) is 11.5 Å². The molecule has 0 radical (unpaired) electrons. The molecule has 1 amide bonds. The van der Waals surface area contributed by atoms with Crippen LogP contribution in [0.1, 0.15) is 101 Å². The molecule has 0 bridgehead atoms. The van der Waals surface area contributed by atoms with E-state index >= 15 is 0 Å². The van der Waals surface area contributed by atoms with Crippen LogP contribution in [0, 0.1) is 5.41 Å². The highest BCUT2D eigenvalue weighted by Crippen LogP contribution is 2.45. The van der Waals surface area contributed by atoms with E-state index in [1.165, 1.54) is 0 Å². The number of benzene rings is 2. The predicted octanol–water partition coefficient (Wildman–Crippen LogP) is 7.26. The van der Waals surface area contributed by atoms with Gasteiger partial charge < -0.3 is 20.5 Å². The maximum Gasteiger partial charge on any atom is 0.251 e. The van der Waals surface area contributed by atoms with Crippen LogP contribution >= 0.6 is 0 Å². The number of unbranched alkanes of at least 4 members (excludes halogenated alkanes) is 1. The van der Waals surface area contributed by atoms with Crippen LogP contribution in [0.15, 0.2) is 66.0 Å². The fraction of sp³-hybridized carbons (Fsp3) is 0.444. The van der Waals surface area contributed by atoms with Crippen molar-refractivity contribution in [3.8, 4) is 11.5 Å². The number of Topliss-reactive ketones (excluding diaryl/α,β-unsaturated/α-hetero) is 1. The van der Waals surface area contributed by atoms with Crippen molar-refractivity contribution in [3.63, 3.8) is 0 Å². The summed E-state index contributed by atoms with van der Waals surface area (Å²) in [5, 5.41) is 16.6. The number of amides is 1. The second-order valence-electron chi connectivity index (χ2n) is 13.3. The number of nitrogens with one attached hydrogen (secondary N) is 2. The first-order valence-electron chi connectivity index (χ1n) is 15.1. The molecule has 2 aromatic carbocycles. The van der Waals surface area contributed by atoms with Crippen LogP contribution in [0.3, 0.4) is 0 Å². The third-order valence-corrected chi connectivity index (χ3v) is 7.60. The molecule has 1 atom stereocenters. The minimum Gasteiger partial charge on any atom is -0.508 e. The van der Waals surface area contributed by atoms with Gasteiger partial charge in [-0.3, -0.25) is 9.59 Å². The van der Waals surface area contributed by atoms with E-state index in [1.807, 2.05) is 45.0 Å². The van der Waals surface area contributed by atoms with Gasteiger partial charge in [0.25, 0.3) is 5.91 Å². The number of hydrogen-bond donors (Lipinski definition) is 3. The number of aryl methyl sites for hydroxylation is 1. The van der Waals surface area contributed by atoms with Gasteiger partial charge in [-0.1, -0.05) is 45.9 Å². The summed E-state index contributed by atoms with van der Waals surface area (Å²) in [6.07, 6.45) is 10.2. The van der Waals surface area contributed by atoms with Crippen molar-refractivity contribution in [2.75, 3.05) is 6.54 Å². The second-order valence-corrected chi connectivity index (χ2v) is 13.3. The third kappa shape index (κ3) is 7.40. The molecule has 1 unspecified atom stereocenters. The van der Waals surface area contributed by atoms with Crippen molar-refractivity contribution in [1.29, 1.82) is 0 Å². The largest absolute Gasteiger partial charge is 0.508 e. The summed E-state index contributed by atoms with van der Waals surface area (Å²) < 4.78 is 6.14. The van der Waals surface area contributed by atoms with Gasteiger partial charge in [-0.15, -0.1) is 0 Å². The lowest BCUT2D eigenvalue weighted by molar-refractivity contribution is -0.129. The molecular formula is C36H46N2O4. The van der Waals surface area contributed by atoms with Crippen molar-refractivity contribution < 1.29 is 19.4 Å². The summed E-state index contributed by atoms with van der Waals surface area (Å²) in [5.41, 5.74) is 5.17. The van der Waals surface area contributed by atoms with Gasteiger partial charge in [0.2, 0.25) is 0 Å². The van der Waals surface area contributed by atoms with Gasteiger partial charge in [0.15, 0.2) is 5.78 Å². The summed E-state index contributed by atoms with van der Waals surface area (Å²) in [6, 6.07) is 10.9. The van der Waals surface area contributed by atoms with Crippen molar-refractivity contribution in [3.05, 3.63) is 88.2 Å². The number of phenolic OH excluding ortho intramolecular Hbond substituents is 1. The Morgan fingerprint density at radius 3 is 2.43 bits per heavy atom. The van der Waals surface area contributed by atoms with Crippen LogP contribution in [0.2, 0.25) is 0 Å². The Balaban J connectivity index is 1.45. The topological polar surface area (TPSA) is 87.7 Å². The Morgan fingerprint density at radius 1 is 1.00 bits per heavy atom. The summed E-state index contributed by atoms with van der Waals surface area (Å²) in [7, 11) is 0. The zero-order chi connectivity index (χ0) is 30.7. The number of phenols is 1. The van der Waals surface area contributed by atoms with Gasteiger partial charge >= 0.3 is 0 Å². The molecule has 6 nitrogen and oxygen atoms in total. The first-order chi connectivity index (χ1) is 19.8. The minimum atomic E-state index is -0.406. The maximum absolute atomic E-state index is 13.1. The number of allylic oxidation sites excluding steroid dienone is 3. The normalized spacial score (nSPS) is 15.4. The number of aromatic hydroxyl groups is 1. The molecule has 0 saturated heterocycles. The quantitative estimate of drug-likeness (QED) is 0.262. The van der Waals surface area contributed by atoms with Crippen LogP contribution in [-0.2, 0) is 11.2 Å². The van der Waals surface area contributed by atoms with E-state index in [-0.39, 0.29) is 29.0 Å².